The molecule has 0 bridgehead atoms. The van der Waals surface area contributed by atoms with E-state index >= 15 is 0 Å². The van der Waals surface area contributed by atoms with Gasteiger partial charge in [-0.1, -0.05) is 18.8 Å². The summed E-state index contributed by atoms with van der Waals surface area (Å²) in [4.78, 5) is 0. The van der Waals surface area contributed by atoms with Gasteiger partial charge in [0, 0.05) is 0 Å². The predicted octanol–water partition coefficient (Wildman–Crippen LogP) is 2.97. The number of allylic oxidation sites excluding steroid dienone is 1. The molecule has 0 atom stereocenters. The minimum absolute atomic E-state index is 0.409. The van der Waals surface area contributed by atoms with E-state index in [0.29, 0.717) is 13.0 Å². The average Bonchev–Trinajstić information content (AvgIpc) is 2.17. The molecule has 0 rings (SSSR count). The number of nitriles is 1. The molecule has 0 radical (unpaired) electrons. The Balaban J connectivity index is 3.95. The third-order valence-electron chi connectivity index (χ3n) is 1.46. The lowest BCUT2D eigenvalue weighted by atomic mass is 10.1. The van der Waals surface area contributed by atoms with Gasteiger partial charge in [0.2, 0.25) is 0 Å². The summed E-state index contributed by atoms with van der Waals surface area (Å²) in [6.45, 7) is 6.33. The molecule has 0 saturated carbocycles. The Morgan fingerprint density at radius 2 is 2.20 bits per heavy atom. The fraction of sp³-hybridized carbons (Fsp3) is 0.583. The monoisotopic (exact) mass is 223 g/mol. The van der Waals surface area contributed by atoms with Gasteiger partial charge in [-0.05, 0) is 31.1 Å². The summed E-state index contributed by atoms with van der Waals surface area (Å²) in [5.74, 6) is 6.98. The van der Waals surface area contributed by atoms with Gasteiger partial charge in [-0.3, -0.25) is 0 Å². The molecule has 0 spiro atoms. The zero-order chi connectivity index (χ0) is 11.6. The highest BCUT2D eigenvalue weighted by Gasteiger charge is 2.13. The maximum Gasteiger partial charge on any atom is 0.123 e. The summed E-state index contributed by atoms with van der Waals surface area (Å²) in [6, 6.07) is 2.03. The minimum Gasteiger partial charge on any atom is -0.362 e. The van der Waals surface area contributed by atoms with E-state index in [9.17, 15) is 0 Å². The Bertz CT molecular complexity index is 291. The molecule has 0 saturated heterocycles. The van der Waals surface area contributed by atoms with Crippen LogP contribution in [0.2, 0.25) is 0 Å². The first-order valence-electron chi connectivity index (χ1n) is 4.92. The zero-order valence-corrected chi connectivity index (χ0v) is 10.4. The molecule has 0 aromatic heterocycles. The van der Waals surface area contributed by atoms with E-state index in [2.05, 4.69) is 18.8 Å². The van der Waals surface area contributed by atoms with Crippen LogP contribution in [0.25, 0.3) is 0 Å². The Kier molecular flexibility index (Phi) is 7.91. The summed E-state index contributed by atoms with van der Waals surface area (Å²) >= 11 is 1.71. The normalized spacial score (nSPS) is 10.8. The van der Waals surface area contributed by atoms with Crippen LogP contribution in [0, 0.1) is 23.2 Å². The highest BCUT2D eigenvalue weighted by Crippen LogP contribution is 2.07. The van der Waals surface area contributed by atoms with Crippen molar-refractivity contribution < 1.29 is 4.74 Å². The van der Waals surface area contributed by atoms with Gasteiger partial charge in [-0.15, -0.1) is 11.8 Å². The molecule has 0 fully saturated rings. The molecular formula is C12H17NOS. The SMILES string of the molecule is CCS/C=C/C#CC(C)(C)OCCC#N. The average molecular weight is 223 g/mol. The molecular weight excluding hydrogens is 206 g/mol. The third-order valence-corrected chi connectivity index (χ3v) is 2.13. The summed E-state index contributed by atoms with van der Waals surface area (Å²) in [7, 11) is 0. The van der Waals surface area contributed by atoms with E-state index in [1.807, 2.05) is 31.4 Å². The molecule has 3 heteroatoms. The minimum atomic E-state index is -0.474. The number of nitrogens with zero attached hydrogens (tertiary/aromatic N) is 1. The Labute approximate surface area is 96.7 Å². The number of rotatable bonds is 5. The van der Waals surface area contributed by atoms with Gasteiger partial charge in [0.25, 0.3) is 0 Å². The molecule has 0 aliphatic rings. The van der Waals surface area contributed by atoms with Gasteiger partial charge < -0.3 is 4.74 Å². The summed E-state index contributed by atoms with van der Waals surface area (Å²) in [5, 5.41) is 10.3. The fourth-order valence-corrected chi connectivity index (χ4v) is 1.14. The van der Waals surface area contributed by atoms with Gasteiger partial charge >= 0.3 is 0 Å². The van der Waals surface area contributed by atoms with Gasteiger partial charge in [-0.25, -0.2) is 0 Å². The van der Waals surface area contributed by atoms with Crippen LogP contribution in [0.3, 0.4) is 0 Å². The summed E-state index contributed by atoms with van der Waals surface area (Å²) in [5.41, 5.74) is -0.474. The zero-order valence-electron chi connectivity index (χ0n) is 9.54. The van der Waals surface area contributed by atoms with E-state index < -0.39 is 5.60 Å². The maximum absolute atomic E-state index is 8.36. The number of hydrogen-bond donors (Lipinski definition) is 0. The lowest BCUT2D eigenvalue weighted by Crippen LogP contribution is -2.22. The topological polar surface area (TPSA) is 33.0 Å². The quantitative estimate of drug-likeness (QED) is 0.530. The van der Waals surface area contributed by atoms with Crippen molar-refractivity contribution in [3.05, 3.63) is 11.5 Å². The summed E-state index contributed by atoms with van der Waals surface area (Å²) < 4.78 is 5.44. The highest BCUT2D eigenvalue weighted by molar-refractivity contribution is 8.02. The van der Waals surface area contributed by atoms with Crippen molar-refractivity contribution in [1.82, 2.24) is 0 Å². The first-order chi connectivity index (χ1) is 7.12. The van der Waals surface area contributed by atoms with Crippen LogP contribution in [-0.2, 0) is 4.74 Å². The molecule has 0 unspecified atom stereocenters. The van der Waals surface area contributed by atoms with Crippen molar-refractivity contribution in [2.75, 3.05) is 12.4 Å². The molecule has 0 heterocycles. The van der Waals surface area contributed by atoms with Crippen molar-refractivity contribution in [3.63, 3.8) is 0 Å². The number of hydrogen-bond acceptors (Lipinski definition) is 3. The predicted molar refractivity (Wildman–Crippen MR) is 65.3 cm³/mol. The van der Waals surface area contributed by atoms with Crippen LogP contribution >= 0.6 is 11.8 Å². The van der Waals surface area contributed by atoms with Gasteiger partial charge in [0.05, 0.1) is 19.1 Å². The van der Waals surface area contributed by atoms with E-state index in [1.165, 1.54) is 0 Å². The number of ether oxygens (including phenoxy) is 1. The lowest BCUT2D eigenvalue weighted by molar-refractivity contribution is 0.0307. The van der Waals surface area contributed by atoms with Crippen LogP contribution in [0.5, 0.6) is 0 Å². The van der Waals surface area contributed by atoms with Crippen LogP contribution in [-0.4, -0.2) is 18.0 Å². The van der Waals surface area contributed by atoms with Gasteiger partial charge in [0.1, 0.15) is 5.60 Å². The largest absolute Gasteiger partial charge is 0.362 e. The highest BCUT2D eigenvalue weighted by atomic mass is 32.2. The van der Waals surface area contributed by atoms with Crippen molar-refractivity contribution in [2.45, 2.75) is 32.8 Å². The van der Waals surface area contributed by atoms with Gasteiger partial charge in [-0.2, -0.15) is 5.26 Å². The van der Waals surface area contributed by atoms with Crippen molar-refractivity contribution in [3.8, 4) is 17.9 Å². The van der Waals surface area contributed by atoms with Crippen LogP contribution < -0.4 is 0 Å². The van der Waals surface area contributed by atoms with Crippen molar-refractivity contribution in [1.29, 1.82) is 5.26 Å². The standard InChI is InChI=1S/C12H17NOS/c1-4-15-11-6-5-8-12(2,3)14-10-7-9-13/h6,11H,4,7,10H2,1-3H3/b11-6+. The first-order valence-corrected chi connectivity index (χ1v) is 5.97. The Morgan fingerprint density at radius 1 is 1.47 bits per heavy atom. The second-order valence-electron chi connectivity index (χ2n) is 3.29. The van der Waals surface area contributed by atoms with Gasteiger partial charge in [0.15, 0.2) is 0 Å². The molecule has 0 amide bonds. The van der Waals surface area contributed by atoms with Crippen molar-refractivity contribution >= 4 is 11.8 Å². The maximum atomic E-state index is 8.36. The van der Waals surface area contributed by atoms with Crippen LogP contribution in [0.1, 0.15) is 27.2 Å². The number of thioether (sulfide) groups is 1. The molecule has 0 aromatic rings. The fourth-order valence-electron chi connectivity index (χ4n) is 0.782. The van der Waals surface area contributed by atoms with Crippen molar-refractivity contribution in [2.24, 2.45) is 0 Å². The van der Waals surface area contributed by atoms with Crippen LogP contribution in [0.4, 0.5) is 0 Å². The second-order valence-corrected chi connectivity index (χ2v) is 4.48. The van der Waals surface area contributed by atoms with E-state index in [-0.39, 0.29) is 0 Å². The second kappa shape index (κ2) is 8.41. The lowest BCUT2D eigenvalue weighted by Gasteiger charge is -2.17. The van der Waals surface area contributed by atoms with E-state index in [0.717, 1.165) is 5.75 Å². The first kappa shape index (κ1) is 14.1. The van der Waals surface area contributed by atoms with E-state index in [4.69, 9.17) is 10.00 Å². The molecule has 15 heavy (non-hydrogen) atoms. The molecule has 0 N–H and O–H groups in total. The molecule has 82 valence electrons. The molecule has 0 aliphatic heterocycles. The van der Waals surface area contributed by atoms with Crippen LogP contribution in [0.15, 0.2) is 11.5 Å². The Morgan fingerprint density at radius 3 is 2.80 bits per heavy atom. The summed E-state index contributed by atoms with van der Waals surface area (Å²) in [6.07, 6.45) is 2.23. The molecule has 0 aliphatic carbocycles. The smallest absolute Gasteiger partial charge is 0.123 e. The van der Waals surface area contributed by atoms with E-state index in [1.54, 1.807) is 11.8 Å². The third kappa shape index (κ3) is 9.41. The Hall–Kier alpha value is -0.900. The molecule has 0 aromatic carbocycles. The molecule has 2 nitrogen and oxygen atoms in total.